The lowest BCUT2D eigenvalue weighted by Gasteiger charge is -2.27. The number of dihydropyridines is 1. The van der Waals surface area contributed by atoms with Gasteiger partial charge in [-0.25, -0.2) is 0 Å². The summed E-state index contributed by atoms with van der Waals surface area (Å²) in [5.74, 6) is 0.856. The van der Waals surface area contributed by atoms with Gasteiger partial charge in [0.1, 0.15) is 0 Å². The summed E-state index contributed by atoms with van der Waals surface area (Å²) in [6, 6.07) is 15.4. The third-order valence-electron chi connectivity index (χ3n) is 5.10. The molecule has 5 nitrogen and oxygen atoms in total. The van der Waals surface area contributed by atoms with E-state index in [2.05, 4.69) is 11.4 Å². The predicted molar refractivity (Wildman–Crippen MR) is 94.4 cm³/mol. The fourth-order valence-corrected chi connectivity index (χ4v) is 3.90. The Balaban J connectivity index is 1.73. The van der Waals surface area contributed by atoms with Crippen molar-refractivity contribution in [2.24, 2.45) is 0 Å². The molecular formula is C21H14N2O3. The van der Waals surface area contributed by atoms with Gasteiger partial charge in [0.25, 0.3) is 0 Å². The van der Waals surface area contributed by atoms with Crippen molar-refractivity contribution in [2.45, 2.75) is 12.8 Å². The number of ether oxygens (including phenoxy) is 2. The Labute approximate surface area is 150 Å². The molecule has 2 aromatic rings. The molecule has 5 rings (SSSR count). The van der Waals surface area contributed by atoms with Gasteiger partial charge in [0.15, 0.2) is 17.3 Å². The maximum absolute atomic E-state index is 13.1. The normalized spacial score (nSPS) is 19.8. The van der Waals surface area contributed by atoms with Crippen LogP contribution in [0.4, 0.5) is 0 Å². The quantitative estimate of drug-likeness (QED) is 0.859. The number of rotatable bonds is 1. The molecule has 2 aromatic carbocycles. The van der Waals surface area contributed by atoms with Gasteiger partial charge >= 0.3 is 0 Å². The van der Waals surface area contributed by atoms with Crippen molar-refractivity contribution in [1.29, 1.82) is 5.26 Å². The first-order valence-corrected chi connectivity index (χ1v) is 8.34. The lowest BCUT2D eigenvalue weighted by molar-refractivity contribution is 0.103. The second kappa shape index (κ2) is 5.24. The highest BCUT2D eigenvalue weighted by molar-refractivity contribution is 6.22. The van der Waals surface area contributed by atoms with Crippen molar-refractivity contribution < 1.29 is 14.3 Å². The molecule has 2 heterocycles. The van der Waals surface area contributed by atoms with Crippen LogP contribution in [0.25, 0.3) is 5.70 Å². The fourth-order valence-electron chi connectivity index (χ4n) is 3.90. The molecule has 0 saturated heterocycles. The van der Waals surface area contributed by atoms with Crippen LogP contribution in [0.15, 0.2) is 59.3 Å². The maximum Gasteiger partial charge on any atom is 0.231 e. The fraction of sp³-hybridized carbons (Fsp3) is 0.143. The highest BCUT2D eigenvalue weighted by atomic mass is 16.7. The van der Waals surface area contributed by atoms with Crippen molar-refractivity contribution >= 4 is 11.5 Å². The van der Waals surface area contributed by atoms with Crippen LogP contribution in [0, 0.1) is 11.3 Å². The van der Waals surface area contributed by atoms with Gasteiger partial charge in [0.2, 0.25) is 6.79 Å². The summed E-state index contributed by atoms with van der Waals surface area (Å²) in [5, 5.41) is 13.1. The average molecular weight is 342 g/mol. The number of fused-ring (bicyclic) bond motifs is 3. The number of nitrogens with zero attached hydrogens (tertiary/aromatic N) is 1. The third-order valence-corrected chi connectivity index (χ3v) is 5.10. The molecule has 0 amide bonds. The molecule has 126 valence electrons. The minimum Gasteiger partial charge on any atom is -0.454 e. The second-order valence-corrected chi connectivity index (χ2v) is 6.48. The average Bonchev–Trinajstić information content (AvgIpc) is 3.24. The zero-order chi connectivity index (χ0) is 17.8. The van der Waals surface area contributed by atoms with Gasteiger partial charge in [-0.3, -0.25) is 4.79 Å². The largest absolute Gasteiger partial charge is 0.454 e. The zero-order valence-corrected chi connectivity index (χ0v) is 14.0. The van der Waals surface area contributed by atoms with E-state index in [1.807, 2.05) is 49.4 Å². The number of benzene rings is 2. The van der Waals surface area contributed by atoms with Crippen LogP contribution in [-0.2, 0) is 0 Å². The summed E-state index contributed by atoms with van der Waals surface area (Å²) in [6.07, 6.45) is 0. The highest BCUT2D eigenvalue weighted by Gasteiger charge is 2.40. The smallest absolute Gasteiger partial charge is 0.231 e. The first-order valence-electron chi connectivity index (χ1n) is 8.34. The summed E-state index contributed by atoms with van der Waals surface area (Å²) in [6.45, 7) is 2.05. The molecule has 0 spiro atoms. The molecular weight excluding hydrogens is 328 g/mol. The van der Waals surface area contributed by atoms with Crippen molar-refractivity contribution in [3.8, 4) is 17.6 Å². The molecule has 0 unspecified atom stereocenters. The number of carbonyl (C=O) groups is 1. The number of nitrogens with one attached hydrogen (secondary N) is 1. The lowest BCUT2D eigenvalue weighted by atomic mass is 9.80. The van der Waals surface area contributed by atoms with E-state index >= 15 is 0 Å². The van der Waals surface area contributed by atoms with Crippen LogP contribution >= 0.6 is 0 Å². The van der Waals surface area contributed by atoms with Crippen molar-refractivity contribution in [2.75, 3.05) is 6.79 Å². The summed E-state index contributed by atoms with van der Waals surface area (Å²) in [5.41, 5.74) is 5.12. The Morgan fingerprint density at radius 1 is 1.12 bits per heavy atom. The van der Waals surface area contributed by atoms with Crippen LogP contribution in [0.3, 0.4) is 0 Å². The minimum atomic E-state index is -0.425. The molecule has 26 heavy (non-hydrogen) atoms. The Morgan fingerprint density at radius 2 is 1.88 bits per heavy atom. The van der Waals surface area contributed by atoms with E-state index in [0.717, 1.165) is 22.5 Å². The number of allylic oxidation sites excluding steroid dienone is 3. The molecule has 0 radical (unpaired) electrons. The Morgan fingerprint density at radius 3 is 2.69 bits per heavy atom. The lowest BCUT2D eigenvalue weighted by Crippen LogP contribution is -2.24. The number of Topliss-reactive ketones (excluding diaryl/α,β-unsaturated/α-hetero) is 1. The third kappa shape index (κ3) is 1.87. The van der Waals surface area contributed by atoms with Crippen LogP contribution in [-0.4, -0.2) is 12.6 Å². The summed E-state index contributed by atoms with van der Waals surface area (Å²) >= 11 is 0. The van der Waals surface area contributed by atoms with Crippen molar-refractivity contribution in [3.63, 3.8) is 0 Å². The monoisotopic (exact) mass is 342 g/mol. The van der Waals surface area contributed by atoms with Gasteiger partial charge in [-0.1, -0.05) is 30.3 Å². The molecule has 1 N–H and O–H groups in total. The summed E-state index contributed by atoms with van der Waals surface area (Å²) in [4.78, 5) is 13.1. The molecule has 0 saturated carbocycles. The molecule has 1 atom stereocenters. The van der Waals surface area contributed by atoms with Crippen LogP contribution in [0.2, 0.25) is 0 Å². The summed E-state index contributed by atoms with van der Waals surface area (Å²) in [7, 11) is 0. The molecule has 1 aliphatic carbocycles. The van der Waals surface area contributed by atoms with Crippen LogP contribution < -0.4 is 14.8 Å². The van der Waals surface area contributed by atoms with Gasteiger partial charge in [-0.05, 0) is 24.6 Å². The molecule has 0 fully saturated rings. The van der Waals surface area contributed by atoms with Gasteiger partial charge in [-0.2, -0.15) is 5.26 Å². The van der Waals surface area contributed by atoms with Crippen LogP contribution in [0.1, 0.15) is 34.3 Å². The van der Waals surface area contributed by atoms with E-state index in [-0.39, 0.29) is 12.6 Å². The van der Waals surface area contributed by atoms with E-state index in [0.29, 0.717) is 28.2 Å². The second-order valence-electron chi connectivity index (χ2n) is 6.48. The number of hydrogen-bond acceptors (Lipinski definition) is 5. The number of carbonyl (C=O) groups excluding carboxylic acids is 1. The van der Waals surface area contributed by atoms with Crippen molar-refractivity contribution in [1.82, 2.24) is 5.32 Å². The first-order chi connectivity index (χ1) is 12.7. The highest BCUT2D eigenvalue weighted by Crippen LogP contribution is 2.47. The molecule has 0 aromatic heterocycles. The maximum atomic E-state index is 13.1. The van der Waals surface area contributed by atoms with E-state index in [1.54, 1.807) is 0 Å². The standard InChI is InChI=1S/C21H14N2O3/c1-11-15(9-22)18(12-6-7-16-17(8-12)26-10-25-16)19-20(23-11)13-4-2-3-5-14(13)21(19)24/h2-8,18,23H,10H2,1H3/t18-/m1/s1. The minimum absolute atomic E-state index is 0.0361. The number of hydrogen-bond donors (Lipinski definition) is 1. The van der Waals surface area contributed by atoms with E-state index < -0.39 is 5.92 Å². The molecule has 2 aliphatic heterocycles. The first kappa shape index (κ1) is 14.8. The topological polar surface area (TPSA) is 71.3 Å². The van der Waals surface area contributed by atoms with Crippen LogP contribution in [0.5, 0.6) is 11.5 Å². The Bertz CT molecular complexity index is 1090. The Hall–Kier alpha value is -3.52. The van der Waals surface area contributed by atoms with E-state index in [9.17, 15) is 10.1 Å². The zero-order valence-electron chi connectivity index (χ0n) is 14.0. The van der Waals surface area contributed by atoms with E-state index in [4.69, 9.17) is 9.47 Å². The molecule has 3 aliphatic rings. The Kier molecular flexibility index (Phi) is 2.98. The summed E-state index contributed by atoms with van der Waals surface area (Å²) < 4.78 is 10.9. The van der Waals surface area contributed by atoms with E-state index in [1.165, 1.54) is 0 Å². The van der Waals surface area contributed by atoms with Crippen molar-refractivity contribution in [3.05, 3.63) is 76.0 Å². The predicted octanol–water partition coefficient (Wildman–Crippen LogP) is 3.51. The van der Waals surface area contributed by atoms with Gasteiger partial charge in [-0.15, -0.1) is 0 Å². The number of ketones is 1. The number of nitriles is 1. The SMILES string of the molecule is CC1=C(C#N)[C@@H](c2ccc3c(c2)OCO3)C2=C(N1)c1ccccc1C2=O. The van der Waals surface area contributed by atoms with Gasteiger partial charge < -0.3 is 14.8 Å². The van der Waals surface area contributed by atoms with Gasteiger partial charge in [0.05, 0.1) is 23.3 Å². The molecule has 0 bridgehead atoms. The van der Waals surface area contributed by atoms with Gasteiger partial charge in [0, 0.05) is 22.4 Å². The molecule has 5 heteroatoms.